The maximum absolute atomic E-state index is 13.7. The Balaban J connectivity index is 1.51. The van der Waals surface area contributed by atoms with Crippen LogP contribution >= 0.6 is 23.2 Å². The van der Waals surface area contributed by atoms with Crippen LogP contribution in [-0.4, -0.2) is 28.8 Å². The summed E-state index contributed by atoms with van der Waals surface area (Å²) in [5.74, 6) is -1.01. The second-order valence-electron chi connectivity index (χ2n) is 8.25. The molecule has 3 aromatic carbocycles. The number of likely N-dealkylation sites (tertiary alicyclic amines) is 1. The van der Waals surface area contributed by atoms with Gasteiger partial charge in [0.05, 0.1) is 12.3 Å². The number of halogens is 4. The van der Waals surface area contributed by atoms with Gasteiger partial charge < -0.3 is 4.55 Å². The molecule has 0 spiro atoms. The Morgan fingerprint density at radius 3 is 1.78 bits per heavy atom. The van der Waals surface area contributed by atoms with E-state index >= 15 is 0 Å². The quantitative estimate of drug-likeness (QED) is 0.338. The van der Waals surface area contributed by atoms with Crippen LogP contribution in [0.25, 0.3) is 0 Å². The minimum atomic E-state index is -1.24. The SMILES string of the molecule is C[S+]([O-])C(CC1CN(C(c2ccc(Cl)cc2)c2ccc(Cl)cc2)C1)c1cc(F)cc(F)c1. The third-order valence-corrected chi connectivity index (χ3v) is 7.70. The van der Waals surface area contributed by atoms with Gasteiger partial charge >= 0.3 is 0 Å². The molecular weight excluding hydrogens is 471 g/mol. The van der Waals surface area contributed by atoms with Crippen molar-refractivity contribution in [3.8, 4) is 0 Å². The van der Waals surface area contributed by atoms with Crippen LogP contribution < -0.4 is 0 Å². The number of hydrogen-bond donors (Lipinski definition) is 0. The molecule has 1 heterocycles. The van der Waals surface area contributed by atoms with Crippen LogP contribution in [0.4, 0.5) is 8.78 Å². The predicted octanol–water partition coefficient (Wildman–Crippen LogP) is 6.80. The zero-order chi connectivity index (χ0) is 22.8. The molecule has 2 nitrogen and oxygen atoms in total. The van der Waals surface area contributed by atoms with Crippen molar-refractivity contribution in [2.24, 2.45) is 5.92 Å². The fourth-order valence-corrected chi connectivity index (χ4v) is 5.72. The number of rotatable bonds is 7. The molecule has 1 aliphatic heterocycles. The van der Waals surface area contributed by atoms with Crippen molar-refractivity contribution in [2.45, 2.75) is 17.7 Å². The molecule has 3 aromatic rings. The summed E-state index contributed by atoms with van der Waals surface area (Å²) in [5.41, 5.74) is 2.70. The lowest BCUT2D eigenvalue weighted by molar-refractivity contribution is 0.0628. The molecule has 1 fully saturated rings. The van der Waals surface area contributed by atoms with Crippen molar-refractivity contribution in [3.05, 3.63) is 105 Å². The van der Waals surface area contributed by atoms with Gasteiger partial charge in [0.1, 0.15) is 16.9 Å². The molecule has 2 atom stereocenters. The minimum Gasteiger partial charge on any atom is -0.616 e. The van der Waals surface area contributed by atoms with E-state index in [1.807, 2.05) is 48.5 Å². The van der Waals surface area contributed by atoms with Gasteiger partial charge in [-0.1, -0.05) is 47.5 Å². The number of hydrogen-bond acceptors (Lipinski definition) is 2. The zero-order valence-corrected chi connectivity index (χ0v) is 19.8. The van der Waals surface area contributed by atoms with Gasteiger partial charge in [-0.3, -0.25) is 4.90 Å². The Kier molecular flexibility index (Phi) is 7.43. The third-order valence-electron chi connectivity index (χ3n) is 5.93. The number of benzene rings is 3. The standard InChI is InChI=1S/C25H23Cl2F2NOS/c1-32(31)24(19-11-22(28)13-23(29)12-19)10-16-14-30(15-16)25(17-2-6-20(26)7-3-17)18-4-8-21(27)9-5-18/h2-9,11-13,16,24-25H,10,14-15H2,1H3. The molecule has 0 aliphatic carbocycles. The molecule has 1 saturated heterocycles. The lowest BCUT2D eigenvalue weighted by atomic mass is 9.87. The van der Waals surface area contributed by atoms with E-state index in [1.54, 1.807) is 6.26 Å². The van der Waals surface area contributed by atoms with Crippen LogP contribution in [0, 0.1) is 17.6 Å². The van der Waals surface area contributed by atoms with Crippen LogP contribution in [0.2, 0.25) is 10.0 Å². The molecule has 0 saturated carbocycles. The van der Waals surface area contributed by atoms with E-state index in [1.165, 1.54) is 12.1 Å². The molecule has 4 rings (SSSR count). The topological polar surface area (TPSA) is 26.3 Å². The van der Waals surface area contributed by atoms with E-state index in [2.05, 4.69) is 4.90 Å². The van der Waals surface area contributed by atoms with Gasteiger partial charge in [-0.2, -0.15) is 0 Å². The van der Waals surface area contributed by atoms with E-state index in [9.17, 15) is 13.3 Å². The van der Waals surface area contributed by atoms with Gasteiger partial charge in [-0.25, -0.2) is 8.78 Å². The Bertz CT molecular complexity index is 991. The molecule has 1 aliphatic rings. The highest BCUT2D eigenvalue weighted by Crippen LogP contribution is 2.39. The smallest absolute Gasteiger partial charge is 0.140 e. The van der Waals surface area contributed by atoms with Gasteiger partial charge in [0, 0.05) is 41.2 Å². The highest BCUT2D eigenvalue weighted by molar-refractivity contribution is 7.90. The number of nitrogens with zero attached hydrogens (tertiary/aromatic N) is 1. The molecule has 0 N–H and O–H groups in total. The zero-order valence-electron chi connectivity index (χ0n) is 17.5. The van der Waals surface area contributed by atoms with Crippen LogP contribution in [-0.2, 0) is 11.2 Å². The van der Waals surface area contributed by atoms with E-state index in [0.29, 0.717) is 22.0 Å². The minimum absolute atomic E-state index is 0.0398. The second kappa shape index (κ2) is 10.1. The van der Waals surface area contributed by atoms with Gasteiger partial charge in [0.2, 0.25) is 0 Å². The lowest BCUT2D eigenvalue weighted by Crippen LogP contribution is -2.49. The van der Waals surface area contributed by atoms with Crippen molar-refractivity contribution in [2.75, 3.05) is 19.3 Å². The van der Waals surface area contributed by atoms with E-state index in [-0.39, 0.29) is 12.0 Å². The Labute approximate surface area is 200 Å². The molecule has 0 bridgehead atoms. The summed E-state index contributed by atoms with van der Waals surface area (Å²) in [4.78, 5) is 2.35. The molecule has 0 amide bonds. The molecule has 2 unspecified atom stereocenters. The third kappa shape index (κ3) is 5.46. The first-order chi connectivity index (χ1) is 15.3. The van der Waals surface area contributed by atoms with Crippen molar-refractivity contribution < 1.29 is 13.3 Å². The molecule has 168 valence electrons. The van der Waals surface area contributed by atoms with Crippen molar-refractivity contribution >= 4 is 34.4 Å². The largest absolute Gasteiger partial charge is 0.616 e. The summed E-state index contributed by atoms with van der Waals surface area (Å²) in [6.07, 6.45) is 2.20. The van der Waals surface area contributed by atoms with Gasteiger partial charge in [0.25, 0.3) is 0 Å². The Morgan fingerprint density at radius 1 is 0.875 bits per heavy atom. The predicted molar refractivity (Wildman–Crippen MR) is 128 cm³/mol. The molecule has 32 heavy (non-hydrogen) atoms. The fraction of sp³-hybridized carbons (Fsp3) is 0.280. The first-order valence-electron chi connectivity index (χ1n) is 10.3. The van der Waals surface area contributed by atoms with E-state index in [0.717, 1.165) is 30.3 Å². The lowest BCUT2D eigenvalue weighted by Gasteiger charge is -2.45. The summed E-state index contributed by atoms with van der Waals surface area (Å²) < 4.78 is 39.8. The summed E-state index contributed by atoms with van der Waals surface area (Å²) in [7, 11) is 0. The highest BCUT2D eigenvalue weighted by atomic mass is 35.5. The first kappa shape index (κ1) is 23.5. The van der Waals surface area contributed by atoms with Crippen molar-refractivity contribution in [3.63, 3.8) is 0 Å². The van der Waals surface area contributed by atoms with Gasteiger partial charge in [0.15, 0.2) is 0 Å². The average molecular weight is 494 g/mol. The first-order valence-corrected chi connectivity index (χ1v) is 12.7. The normalized spacial score (nSPS) is 16.7. The Hall–Kier alpha value is -1.63. The van der Waals surface area contributed by atoms with E-state index in [4.69, 9.17) is 23.2 Å². The second-order valence-corrected chi connectivity index (χ2v) is 10.7. The van der Waals surface area contributed by atoms with E-state index < -0.39 is 28.1 Å². The van der Waals surface area contributed by atoms with Crippen molar-refractivity contribution in [1.82, 2.24) is 4.90 Å². The van der Waals surface area contributed by atoms with Crippen molar-refractivity contribution in [1.29, 1.82) is 0 Å². The molecule has 7 heteroatoms. The monoisotopic (exact) mass is 493 g/mol. The summed E-state index contributed by atoms with van der Waals surface area (Å²) in [5, 5.41) is 0.957. The molecule has 0 aromatic heterocycles. The van der Waals surface area contributed by atoms with Crippen LogP contribution in [0.5, 0.6) is 0 Å². The summed E-state index contributed by atoms with van der Waals surface area (Å²) in [6, 6.07) is 19.1. The average Bonchev–Trinajstić information content (AvgIpc) is 2.70. The van der Waals surface area contributed by atoms with Gasteiger partial charge in [-0.15, -0.1) is 0 Å². The maximum atomic E-state index is 13.7. The highest BCUT2D eigenvalue weighted by Gasteiger charge is 2.37. The Morgan fingerprint density at radius 2 is 1.34 bits per heavy atom. The maximum Gasteiger partial charge on any atom is 0.140 e. The molecular formula is C25H23Cl2F2NOS. The van der Waals surface area contributed by atoms with Crippen LogP contribution in [0.3, 0.4) is 0 Å². The summed E-state index contributed by atoms with van der Waals surface area (Å²) >= 11 is 10.9. The van der Waals surface area contributed by atoms with Gasteiger partial charge in [-0.05, 0) is 64.6 Å². The van der Waals surface area contributed by atoms with Crippen LogP contribution in [0.1, 0.15) is 34.4 Å². The van der Waals surface area contributed by atoms with Crippen LogP contribution in [0.15, 0.2) is 66.7 Å². The fourth-order valence-electron chi connectivity index (χ4n) is 4.40. The molecule has 0 radical (unpaired) electrons. The summed E-state index contributed by atoms with van der Waals surface area (Å²) in [6.45, 7) is 1.59.